The second-order valence-electron chi connectivity index (χ2n) is 6.36. The van der Waals surface area contributed by atoms with Crippen LogP contribution in [0.2, 0.25) is 5.02 Å². The number of aryl methyl sites for hydroxylation is 1. The Balaban J connectivity index is 2.21. The Morgan fingerprint density at radius 3 is 2.57 bits per heavy atom. The summed E-state index contributed by atoms with van der Waals surface area (Å²) in [6.07, 6.45) is 0.761. The molecular weight excluding hydrogens is 302 g/mol. The smallest absolute Gasteiger partial charge is 0.0948 e. The fraction of sp³-hybridized carbons (Fsp3) is 0.438. The van der Waals surface area contributed by atoms with Crippen molar-refractivity contribution >= 4 is 22.9 Å². The predicted molar refractivity (Wildman–Crippen MR) is 90.8 cm³/mol. The summed E-state index contributed by atoms with van der Waals surface area (Å²) < 4.78 is 0. The van der Waals surface area contributed by atoms with E-state index in [0.717, 1.165) is 33.3 Å². The van der Waals surface area contributed by atoms with Crippen LogP contribution in [0, 0.1) is 6.92 Å². The van der Waals surface area contributed by atoms with E-state index >= 15 is 0 Å². The van der Waals surface area contributed by atoms with Gasteiger partial charge in [-0.1, -0.05) is 38.4 Å². The van der Waals surface area contributed by atoms with E-state index in [0.29, 0.717) is 0 Å². The summed E-state index contributed by atoms with van der Waals surface area (Å²) >= 11 is 7.82. The van der Waals surface area contributed by atoms with Crippen LogP contribution in [0.1, 0.15) is 48.6 Å². The first-order chi connectivity index (χ1) is 9.79. The number of nitrogens with zero attached hydrogens (tertiary/aromatic N) is 1. The van der Waals surface area contributed by atoms with Crippen molar-refractivity contribution < 1.29 is 0 Å². The largest absolute Gasteiger partial charge is 0.271 e. The van der Waals surface area contributed by atoms with Crippen LogP contribution < -0.4 is 11.3 Å². The Hall–Kier alpha value is -0.940. The first-order valence-corrected chi connectivity index (χ1v) is 8.23. The Morgan fingerprint density at radius 1 is 1.33 bits per heavy atom. The molecular formula is C16H22ClN3S. The molecule has 1 heterocycles. The summed E-state index contributed by atoms with van der Waals surface area (Å²) in [7, 11) is 0. The first-order valence-electron chi connectivity index (χ1n) is 6.97. The van der Waals surface area contributed by atoms with Gasteiger partial charge in [0.2, 0.25) is 0 Å². The quantitative estimate of drug-likeness (QED) is 0.656. The molecule has 1 atom stereocenters. The normalized spacial score (nSPS) is 13.4. The van der Waals surface area contributed by atoms with Gasteiger partial charge in [0.25, 0.3) is 0 Å². The minimum Gasteiger partial charge on any atom is -0.271 e. The molecule has 3 N–H and O–H groups in total. The number of benzene rings is 1. The Kier molecular flexibility index (Phi) is 5.04. The van der Waals surface area contributed by atoms with Crippen molar-refractivity contribution in [2.24, 2.45) is 5.84 Å². The number of thiazole rings is 1. The zero-order valence-electron chi connectivity index (χ0n) is 12.9. The summed E-state index contributed by atoms with van der Waals surface area (Å²) in [5.74, 6) is 5.73. The van der Waals surface area contributed by atoms with Crippen molar-refractivity contribution in [2.45, 2.75) is 45.6 Å². The lowest BCUT2D eigenvalue weighted by molar-refractivity contribution is 0.541. The van der Waals surface area contributed by atoms with Crippen LogP contribution in [-0.2, 0) is 11.8 Å². The Morgan fingerprint density at radius 2 is 2.05 bits per heavy atom. The van der Waals surface area contributed by atoms with Gasteiger partial charge in [0.1, 0.15) is 0 Å². The van der Waals surface area contributed by atoms with Gasteiger partial charge in [-0.3, -0.25) is 11.3 Å². The summed E-state index contributed by atoms with van der Waals surface area (Å²) in [6, 6.07) is 6.02. The number of nitrogens with two attached hydrogens (primary N) is 1. The Labute approximate surface area is 135 Å². The molecule has 5 heteroatoms. The highest BCUT2D eigenvalue weighted by Crippen LogP contribution is 2.27. The van der Waals surface area contributed by atoms with Crippen molar-refractivity contribution in [3.63, 3.8) is 0 Å². The number of rotatable bonds is 4. The molecule has 21 heavy (non-hydrogen) atoms. The molecule has 0 aliphatic carbocycles. The van der Waals surface area contributed by atoms with Gasteiger partial charge in [0.15, 0.2) is 0 Å². The molecule has 0 aliphatic rings. The minimum absolute atomic E-state index is 0.0152. The van der Waals surface area contributed by atoms with Crippen molar-refractivity contribution in [1.82, 2.24) is 10.4 Å². The van der Waals surface area contributed by atoms with Crippen LogP contribution in [0.25, 0.3) is 0 Å². The monoisotopic (exact) mass is 323 g/mol. The van der Waals surface area contributed by atoms with Gasteiger partial charge in [-0.2, -0.15) is 0 Å². The van der Waals surface area contributed by atoms with Gasteiger partial charge in [-0.15, -0.1) is 11.3 Å². The summed E-state index contributed by atoms with van der Waals surface area (Å²) in [5.41, 5.74) is 6.30. The summed E-state index contributed by atoms with van der Waals surface area (Å²) in [4.78, 5) is 4.73. The zero-order chi connectivity index (χ0) is 15.6. The number of nitrogens with one attached hydrogen (secondary N) is 1. The first kappa shape index (κ1) is 16.4. The highest BCUT2D eigenvalue weighted by Gasteiger charge is 2.19. The molecule has 1 aromatic carbocycles. The molecule has 0 aliphatic heterocycles. The average molecular weight is 324 g/mol. The van der Waals surface area contributed by atoms with Gasteiger partial charge < -0.3 is 0 Å². The number of hydrogen-bond donors (Lipinski definition) is 2. The maximum atomic E-state index is 6.14. The van der Waals surface area contributed by atoms with Crippen molar-refractivity contribution in [2.75, 3.05) is 0 Å². The lowest BCUT2D eigenvalue weighted by Gasteiger charge is -2.17. The van der Waals surface area contributed by atoms with E-state index in [1.807, 2.05) is 19.1 Å². The molecule has 0 spiro atoms. The highest BCUT2D eigenvalue weighted by molar-refractivity contribution is 7.09. The molecule has 0 fully saturated rings. The molecule has 114 valence electrons. The molecule has 0 bridgehead atoms. The maximum Gasteiger partial charge on any atom is 0.0948 e. The molecule has 0 amide bonds. The maximum absolute atomic E-state index is 6.14. The Bertz CT molecular complexity index is 596. The van der Waals surface area contributed by atoms with E-state index in [-0.39, 0.29) is 11.5 Å². The van der Waals surface area contributed by atoms with Crippen LogP contribution in [0.15, 0.2) is 23.6 Å². The van der Waals surface area contributed by atoms with Crippen molar-refractivity contribution in [1.29, 1.82) is 0 Å². The predicted octanol–water partition coefficient (Wildman–Crippen LogP) is 4.15. The topological polar surface area (TPSA) is 50.9 Å². The standard InChI is InChI=1S/C16H22ClN3S/c1-10-5-11(7-12(17)6-10)13(20-18)8-15-19-14(9-21-15)16(2,3)4/h5-7,9,13,20H,8,18H2,1-4H3. The van der Waals surface area contributed by atoms with Gasteiger partial charge in [-0.25, -0.2) is 4.98 Å². The van der Waals surface area contributed by atoms with E-state index in [1.54, 1.807) is 11.3 Å². The number of aromatic nitrogens is 1. The number of hydrogen-bond acceptors (Lipinski definition) is 4. The van der Waals surface area contributed by atoms with Gasteiger partial charge in [-0.05, 0) is 30.2 Å². The molecule has 0 radical (unpaired) electrons. The second-order valence-corrected chi connectivity index (χ2v) is 7.74. The fourth-order valence-electron chi connectivity index (χ4n) is 2.16. The third-order valence-corrected chi connectivity index (χ3v) is 4.46. The second kappa shape index (κ2) is 6.44. The van der Waals surface area contributed by atoms with E-state index in [2.05, 4.69) is 37.6 Å². The van der Waals surface area contributed by atoms with E-state index < -0.39 is 0 Å². The highest BCUT2D eigenvalue weighted by atomic mass is 35.5. The summed E-state index contributed by atoms with van der Waals surface area (Å²) in [5, 5.41) is 3.95. The number of hydrazine groups is 1. The zero-order valence-corrected chi connectivity index (χ0v) is 14.5. The van der Waals surface area contributed by atoms with Crippen molar-refractivity contribution in [3.8, 4) is 0 Å². The van der Waals surface area contributed by atoms with E-state index in [9.17, 15) is 0 Å². The summed E-state index contributed by atoms with van der Waals surface area (Å²) in [6.45, 7) is 8.55. The lowest BCUT2D eigenvalue weighted by Crippen LogP contribution is -2.29. The van der Waals surface area contributed by atoms with Crippen LogP contribution in [-0.4, -0.2) is 4.98 Å². The van der Waals surface area contributed by atoms with Gasteiger partial charge >= 0.3 is 0 Å². The molecule has 0 saturated heterocycles. The van der Waals surface area contributed by atoms with E-state index in [4.69, 9.17) is 22.4 Å². The SMILES string of the molecule is Cc1cc(Cl)cc(C(Cc2nc(C(C)(C)C)cs2)NN)c1. The minimum atomic E-state index is 0.0152. The third-order valence-electron chi connectivity index (χ3n) is 3.37. The molecule has 3 nitrogen and oxygen atoms in total. The molecule has 2 rings (SSSR count). The molecule has 1 aromatic heterocycles. The van der Waals surface area contributed by atoms with Crippen LogP contribution in [0.5, 0.6) is 0 Å². The average Bonchev–Trinajstić information content (AvgIpc) is 2.83. The fourth-order valence-corrected chi connectivity index (χ4v) is 3.53. The van der Waals surface area contributed by atoms with Gasteiger partial charge in [0, 0.05) is 22.2 Å². The molecule has 2 aromatic rings. The molecule has 0 saturated carbocycles. The van der Waals surface area contributed by atoms with E-state index in [1.165, 1.54) is 0 Å². The van der Waals surface area contributed by atoms with Crippen LogP contribution in [0.4, 0.5) is 0 Å². The lowest BCUT2D eigenvalue weighted by atomic mass is 9.93. The van der Waals surface area contributed by atoms with Gasteiger partial charge in [0.05, 0.1) is 16.7 Å². The third kappa shape index (κ3) is 4.27. The molecule has 1 unspecified atom stereocenters. The van der Waals surface area contributed by atoms with Crippen molar-refractivity contribution in [3.05, 3.63) is 50.4 Å². The van der Waals surface area contributed by atoms with Crippen LogP contribution in [0.3, 0.4) is 0 Å². The van der Waals surface area contributed by atoms with Crippen LogP contribution >= 0.6 is 22.9 Å². The number of halogens is 1.